The maximum absolute atomic E-state index is 16.5. The monoisotopic (exact) mass is 753 g/mol. The molecule has 0 unspecified atom stereocenters. The molecular weight excluding hydrogens is 714 g/mol. The van der Waals surface area contributed by atoms with Gasteiger partial charge in [-0.2, -0.15) is 4.39 Å². The Morgan fingerprint density at radius 3 is 1.41 bits per heavy atom. The van der Waals surface area contributed by atoms with Gasteiger partial charge in [0, 0.05) is 31.5 Å². The number of nitrogens with zero attached hydrogens (tertiary/aromatic N) is 4. The number of benzene rings is 6. The third kappa shape index (κ3) is 6.80. The number of hydrogen-bond acceptors (Lipinski definition) is 5. The number of imidazole rings is 1. The predicted octanol–water partition coefficient (Wildman–Crippen LogP) is 10.3. The first-order chi connectivity index (χ1) is 27.5. The molecular formula is C48H40FN5OS. The fourth-order valence-corrected chi connectivity index (χ4v) is 8.52. The van der Waals surface area contributed by atoms with E-state index >= 15 is 4.39 Å². The van der Waals surface area contributed by atoms with Crippen LogP contribution in [0.3, 0.4) is 0 Å². The van der Waals surface area contributed by atoms with Gasteiger partial charge < -0.3 is 5.32 Å². The predicted molar refractivity (Wildman–Crippen MR) is 223 cm³/mol. The summed E-state index contributed by atoms with van der Waals surface area (Å²) < 4.78 is 18.1. The van der Waals surface area contributed by atoms with E-state index in [2.05, 4.69) is 46.7 Å². The number of aromatic nitrogens is 3. The molecule has 8 rings (SSSR count). The molecule has 0 aliphatic rings. The first-order valence-corrected chi connectivity index (χ1v) is 19.5. The lowest BCUT2D eigenvalue weighted by Crippen LogP contribution is -2.38. The average molecular weight is 754 g/mol. The van der Waals surface area contributed by atoms with Crippen LogP contribution in [0.25, 0.3) is 0 Å². The van der Waals surface area contributed by atoms with Crippen molar-refractivity contribution in [3.63, 3.8) is 0 Å². The summed E-state index contributed by atoms with van der Waals surface area (Å²) in [5, 5.41) is 6.35. The zero-order chi connectivity index (χ0) is 38.4. The van der Waals surface area contributed by atoms with E-state index in [1.165, 1.54) is 18.3 Å². The number of hydrogen-bond donors (Lipinski definition) is 1. The second-order valence-corrected chi connectivity index (χ2v) is 14.4. The largest absolute Gasteiger partial charge is 0.344 e. The van der Waals surface area contributed by atoms with Gasteiger partial charge in [0.25, 0.3) is 6.08 Å². The van der Waals surface area contributed by atoms with Crippen LogP contribution >= 0.6 is 11.3 Å². The van der Waals surface area contributed by atoms with Crippen LogP contribution in [-0.4, -0.2) is 27.0 Å². The highest BCUT2D eigenvalue weighted by molar-refractivity contribution is 7.14. The molecule has 2 heterocycles. The topological polar surface area (TPSA) is 63.1 Å². The van der Waals surface area contributed by atoms with Crippen molar-refractivity contribution >= 4 is 28.2 Å². The highest BCUT2D eigenvalue weighted by atomic mass is 32.1. The van der Waals surface area contributed by atoms with Crippen molar-refractivity contribution < 1.29 is 9.18 Å². The molecule has 8 aromatic rings. The number of carbonyl (C=O) groups excluding carboxylic acids is 1. The highest BCUT2D eigenvalue weighted by Gasteiger charge is 2.41. The molecule has 0 aliphatic carbocycles. The minimum Gasteiger partial charge on any atom is -0.344 e. The van der Waals surface area contributed by atoms with E-state index in [0.717, 1.165) is 33.4 Å². The van der Waals surface area contributed by atoms with E-state index in [4.69, 9.17) is 4.98 Å². The number of nitrogens with one attached hydrogen (secondary N) is 1. The lowest BCUT2D eigenvalue weighted by Gasteiger charge is -2.37. The van der Waals surface area contributed by atoms with Gasteiger partial charge in [-0.25, -0.2) is 9.97 Å². The summed E-state index contributed by atoms with van der Waals surface area (Å²) in [7, 11) is 0. The van der Waals surface area contributed by atoms with Gasteiger partial charge in [0.1, 0.15) is 16.9 Å². The Kier molecular flexibility index (Phi) is 10.4. The normalized spacial score (nSPS) is 11.6. The zero-order valence-corrected chi connectivity index (χ0v) is 31.7. The minimum atomic E-state index is -1.04. The first kappa shape index (κ1) is 36.3. The van der Waals surface area contributed by atoms with Gasteiger partial charge in [0.05, 0.1) is 5.69 Å². The molecule has 0 saturated carbocycles. The summed E-state index contributed by atoms with van der Waals surface area (Å²) in [6.45, 7) is 1.78. The van der Waals surface area contributed by atoms with Crippen molar-refractivity contribution in [2.24, 2.45) is 0 Å². The van der Waals surface area contributed by atoms with Crippen LogP contribution in [0.5, 0.6) is 0 Å². The molecule has 276 valence electrons. The van der Waals surface area contributed by atoms with Crippen LogP contribution in [-0.2, 0) is 22.3 Å². The van der Waals surface area contributed by atoms with Gasteiger partial charge >= 0.3 is 0 Å². The Hall–Kier alpha value is -6.64. The van der Waals surface area contributed by atoms with E-state index in [9.17, 15) is 4.79 Å². The molecule has 0 radical (unpaired) electrons. The molecule has 0 bridgehead atoms. The van der Waals surface area contributed by atoms with Crippen molar-refractivity contribution in [3.8, 4) is 0 Å². The smallest absolute Gasteiger partial charge is 0.290 e. The molecule has 0 spiro atoms. The highest BCUT2D eigenvalue weighted by Crippen LogP contribution is 2.43. The fourth-order valence-electron chi connectivity index (χ4n) is 7.76. The second-order valence-electron chi connectivity index (χ2n) is 13.6. The third-order valence-corrected chi connectivity index (χ3v) is 11.0. The zero-order valence-electron chi connectivity index (χ0n) is 30.9. The molecule has 6 aromatic carbocycles. The summed E-state index contributed by atoms with van der Waals surface area (Å²) in [6, 6.07) is 60.8. The van der Waals surface area contributed by atoms with Gasteiger partial charge in [0.15, 0.2) is 5.13 Å². The van der Waals surface area contributed by atoms with Gasteiger partial charge in [0.2, 0.25) is 5.91 Å². The summed E-state index contributed by atoms with van der Waals surface area (Å²) in [5.74, 6) is 0.342. The summed E-state index contributed by atoms with van der Waals surface area (Å²) in [4.78, 5) is 24.4. The maximum atomic E-state index is 16.5. The molecule has 1 N–H and O–H groups in total. The number of anilines is 2. The van der Waals surface area contributed by atoms with E-state index < -0.39 is 17.2 Å². The second kappa shape index (κ2) is 16.0. The van der Waals surface area contributed by atoms with Crippen LogP contribution in [0.2, 0.25) is 0 Å². The number of halogens is 1. The fraction of sp³-hybridized carbons (Fsp3) is 0.104. The molecule has 0 aliphatic heterocycles. The summed E-state index contributed by atoms with van der Waals surface area (Å²) in [6.07, 6.45) is 1.47. The molecule has 6 nitrogen and oxygen atoms in total. The quantitative estimate of drug-likeness (QED) is 0.119. The van der Waals surface area contributed by atoms with Gasteiger partial charge in [-0.15, -0.1) is 11.3 Å². The summed E-state index contributed by atoms with van der Waals surface area (Å²) in [5.41, 5.74) is 4.53. The Balaban J connectivity index is 1.13. The number of rotatable bonds is 13. The Labute approximate surface area is 330 Å². The molecule has 2 aromatic heterocycles. The standard InChI is InChI=1S/C48H40FN5OS/c1-36(55)53(44-35-56-46(51-44)52-47(37-20-8-2-9-21-37,38-22-10-3-11-23-38)39-24-12-4-13-25-39)33-32-43-34-54(45(49)50-43)48(40-26-14-5-15-27-40,41-28-16-6-17-29-41)42-30-18-7-19-31-42/h2-31,34-35H,32-33H2,1H3,(H,51,52). The van der Waals surface area contributed by atoms with Gasteiger partial charge in [-0.05, 0) is 33.4 Å². The number of amides is 1. The van der Waals surface area contributed by atoms with E-state index in [-0.39, 0.29) is 12.5 Å². The number of carbonyl (C=O) groups is 1. The van der Waals surface area contributed by atoms with Crippen molar-refractivity contribution in [1.82, 2.24) is 14.5 Å². The molecule has 0 atom stereocenters. The van der Waals surface area contributed by atoms with Crippen LogP contribution in [0, 0.1) is 6.08 Å². The van der Waals surface area contributed by atoms with Crippen molar-refractivity contribution in [3.05, 3.63) is 239 Å². The molecule has 56 heavy (non-hydrogen) atoms. The van der Waals surface area contributed by atoms with Crippen LogP contribution in [0.15, 0.2) is 194 Å². The summed E-state index contributed by atoms with van der Waals surface area (Å²) >= 11 is 1.43. The third-order valence-electron chi connectivity index (χ3n) is 10.3. The molecule has 0 saturated heterocycles. The molecule has 0 fully saturated rings. The SMILES string of the molecule is CC(=O)N(CCc1cn(C(c2ccccc2)(c2ccccc2)c2ccccc2)c(F)n1)c1csc(NC(c2ccccc2)(c2ccccc2)c2ccccc2)n1. The molecule has 8 heteroatoms. The van der Waals surface area contributed by atoms with Crippen molar-refractivity contribution in [2.45, 2.75) is 24.4 Å². The van der Waals surface area contributed by atoms with Crippen LogP contribution in [0.4, 0.5) is 15.3 Å². The maximum Gasteiger partial charge on any atom is 0.290 e. The van der Waals surface area contributed by atoms with E-state index in [1.807, 2.05) is 151 Å². The molecule has 1 amide bonds. The Bertz CT molecular complexity index is 2300. The van der Waals surface area contributed by atoms with E-state index in [1.54, 1.807) is 15.7 Å². The first-order valence-electron chi connectivity index (χ1n) is 18.6. The van der Waals surface area contributed by atoms with Crippen LogP contribution < -0.4 is 10.2 Å². The van der Waals surface area contributed by atoms with Crippen molar-refractivity contribution in [2.75, 3.05) is 16.8 Å². The Morgan fingerprint density at radius 1 is 0.625 bits per heavy atom. The average Bonchev–Trinajstić information content (AvgIpc) is 3.88. The van der Waals surface area contributed by atoms with Crippen LogP contribution in [0.1, 0.15) is 46.0 Å². The number of thiazole rings is 1. The Morgan fingerprint density at radius 2 is 1.02 bits per heavy atom. The lowest BCUT2D eigenvalue weighted by atomic mass is 9.76. The minimum absolute atomic E-state index is 0.172. The van der Waals surface area contributed by atoms with Crippen molar-refractivity contribution in [1.29, 1.82) is 0 Å². The van der Waals surface area contributed by atoms with Gasteiger partial charge in [-0.1, -0.05) is 182 Å². The van der Waals surface area contributed by atoms with E-state index in [0.29, 0.717) is 23.1 Å². The van der Waals surface area contributed by atoms with Gasteiger partial charge in [-0.3, -0.25) is 14.3 Å². The lowest BCUT2D eigenvalue weighted by molar-refractivity contribution is -0.116.